The van der Waals surface area contributed by atoms with Crippen LogP contribution in [-0.4, -0.2) is 35.7 Å². The van der Waals surface area contributed by atoms with Crippen LogP contribution in [0.3, 0.4) is 0 Å². The topological polar surface area (TPSA) is 80.0 Å². The largest absolute Gasteiger partial charge is 0.502 e. The second-order valence-electron chi connectivity index (χ2n) is 4.90. The summed E-state index contributed by atoms with van der Waals surface area (Å²) >= 11 is 0. The van der Waals surface area contributed by atoms with Gasteiger partial charge in [-0.1, -0.05) is 0 Å². The minimum absolute atomic E-state index is 0.0296. The number of ether oxygens (including phenoxy) is 1. The van der Waals surface area contributed by atoms with Gasteiger partial charge in [0.15, 0.2) is 5.75 Å². The quantitative estimate of drug-likeness (QED) is 0.833. The molecule has 1 fully saturated rings. The van der Waals surface area contributed by atoms with E-state index in [0.29, 0.717) is 18.9 Å². The van der Waals surface area contributed by atoms with Crippen molar-refractivity contribution in [2.75, 3.05) is 19.7 Å². The molecule has 2 rings (SSSR count). The lowest BCUT2D eigenvalue weighted by Gasteiger charge is -2.30. The van der Waals surface area contributed by atoms with Gasteiger partial charge in [0, 0.05) is 6.07 Å². The Balaban J connectivity index is 1.86. The third kappa shape index (κ3) is 3.60. The van der Waals surface area contributed by atoms with Crippen molar-refractivity contribution in [2.45, 2.75) is 26.3 Å². The SMILES string of the molecule is CCOC(=O)C1CCN(Cc2cc(=O)c(O)co2)CC1. The molecule has 1 N–H and O–H groups in total. The fourth-order valence-corrected chi connectivity index (χ4v) is 2.33. The predicted octanol–water partition coefficient (Wildman–Crippen LogP) is 1.12. The smallest absolute Gasteiger partial charge is 0.309 e. The van der Waals surface area contributed by atoms with Gasteiger partial charge in [-0.15, -0.1) is 0 Å². The molecule has 0 saturated carbocycles. The molecule has 1 aliphatic heterocycles. The molecule has 2 heterocycles. The first-order valence-corrected chi connectivity index (χ1v) is 6.80. The minimum atomic E-state index is -0.437. The van der Waals surface area contributed by atoms with Gasteiger partial charge in [0.1, 0.15) is 12.0 Å². The van der Waals surface area contributed by atoms with Gasteiger partial charge in [-0.25, -0.2) is 0 Å². The Morgan fingerprint density at radius 2 is 2.20 bits per heavy atom. The van der Waals surface area contributed by atoms with E-state index in [1.54, 1.807) is 6.92 Å². The molecule has 1 aromatic rings. The average molecular weight is 281 g/mol. The van der Waals surface area contributed by atoms with Crippen molar-refractivity contribution in [2.24, 2.45) is 5.92 Å². The van der Waals surface area contributed by atoms with Crippen LogP contribution in [0.25, 0.3) is 0 Å². The van der Waals surface area contributed by atoms with Gasteiger partial charge in [-0.2, -0.15) is 0 Å². The molecule has 110 valence electrons. The maximum atomic E-state index is 11.6. The molecular formula is C14H19NO5. The molecule has 1 saturated heterocycles. The van der Waals surface area contributed by atoms with Gasteiger partial charge < -0.3 is 14.3 Å². The molecular weight excluding hydrogens is 262 g/mol. The zero-order valence-corrected chi connectivity index (χ0v) is 11.5. The number of carbonyl (C=O) groups excluding carboxylic acids is 1. The van der Waals surface area contributed by atoms with Crippen molar-refractivity contribution in [3.8, 4) is 5.75 Å². The number of rotatable bonds is 4. The Morgan fingerprint density at radius 3 is 2.80 bits per heavy atom. The van der Waals surface area contributed by atoms with Gasteiger partial charge in [0.25, 0.3) is 0 Å². The van der Waals surface area contributed by atoms with E-state index in [2.05, 4.69) is 4.90 Å². The molecule has 0 bridgehead atoms. The molecule has 6 heteroatoms. The van der Waals surface area contributed by atoms with Crippen molar-refractivity contribution >= 4 is 5.97 Å². The maximum absolute atomic E-state index is 11.6. The van der Waals surface area contributed by atoms with Crippen LogP contribution in [0.4, 0.5) is 0 Å². The Hall–Kier alpha value is -1.82. The summed E-state index contributed by atoms with van der Waals surface area (Å²) in [5.74, 6) is -0.0153. The summed E-state index contributed by atoms with van der Waals surface area (Å²) in [6.07, 6.45) is 2.56. The van der Waals surface area contributed by atoms with Crippen LogP contribution >= 0.6 is 0 Å². The highest BCUT2D eigenvalue weighted by Crippen LogP contribution is 2.20. The van der Waals surface area contributed by atoms with E-state index in [9.17, 15) is 9.59 Å². The number of piperidine rings is 1. The Bertz CT molecular complexity index is 517. The summed E-state index contributed by atoms with van der Waals surface area (Å²) in [6, 6.07) is 1.30. The molecule has 0 spiro atoms. The number of carbonyl (C=O) groups is 1. The summed E-state index contributed by atoms with van der Waals surface area (Å²) in [5, 5.41) is 9.12. The van der Waals surface area contributed by atoms with E-state index in [4.69, 9.17) is 14.3 Å². The lowest BCUT2D eigenvalue weighted by Crippen LogP contribution is -2.36. The van der Waals surface area contributed by atoms with E-state index >= 15 is 0 Å². The normalized spacial score (nSPS) is 17.1. The highest BCUT2D eigenvalue weighted by atomic mass is 16.5. The van der Waals surface area contributed by atoms with Crippen LogP contribution in [0, 0.1) is 5.92 Å². The van der Waals surface area contributed by atoms with Crippen LogP contribution in [0.5, 0.6) is 5.75 Å². The fourth-order valence-electron chi connectivity index (χ4n) is 2.33. The summed E-state index contributed by atoms with van der Waals surface area (Å²) in [5.41, 5.74) is -0.437. The Kier molecular flexibility index (Phi) is 4.79. The third-order valence-electron chi connectivity index (χ3n) is 3.45. The summed E-state index contributed by atoms with van der Waals surface area (Å²) in [7, 11) is 0. The van der Waals surface area contributed by atoms with E-state index in [1.807, 2.05) is 0 Å². The summed E-state index contributed by atoms with van der Waals surface area (Å²) in [4.78, 5) is 25.0. The lowest BCUT2D eigenvalue weighted by atomic mass is 9.97. The molecule has 1 aliphatic rings. The lowest BCUT2D eigenvalue weighted by molar-refractivity contribution is -0.149. The first-order chi connectivity index (χ1) is 9.60. The van der Waals surface area contributed by atoms with Crippen LogP contribution in [0.1, 0.15) is 25.5 Å². The van der Waals surface area contributed by atoms with Gasteiger partial charge in [-0.3, -0.25) is 14.5 Å². The molecule has 20 heavy (non-hydrogen) atoms. The monoisotopic (exact) mass is 281 g/mol. The highest BCUT2D eigenvalue weighted by molar-refractivity contribution is 5.72. The van der Waals surface area contributed by atoms with Crippen molar-refractivity contribution in [1.29, 1.82) is 0 Å². The van der Waals surface area contributed by atoms with Gasteiger partial charge in [-0.05, 0) is 32.9 Å². The first-order valence-electron chi connectivity index (χ1n) is 6.80. The van der Waals surface area contributed by atoms with Crippen LogP contribution in [-0.2, 0) is 16.1 Å². The minimum Gasteiger partial charge on any atom is -0.502 e. The standard InChI is InChI=1S/C14H19NO5/c1-2-19-14(18)10-3-5-15(6-4-10)8-11-7-12(16)13(17)9-20-11/h7,9-10,17H,2-6,8H2,1H3. The summed E-state index contributed by atoms with van der Waals surface area (Å²) < 4.78 is 10.2. The van der Waals surface area contributed by atoms with Crippen molar-refractivity contribution in [1.82, 2.24) is 4.90 Å². The second-order valence-corrected chi connectivity index (χ2v) is 4.90. The van der Waals surface area contributed by atoms with E-state index in [1.165, 1.54) is 6.07 Å². The number of nitrogens with zero attached hydrogens (tertiary/aromatic N) is 1. The Morgan fingerprint density at radius 1 is 1.50 bits per heavy atom. The molecule has 0 unspecified atom stereocenters. The number of aromatic hydroxyl groups is 1. The molecule has 0 aliphatic carbocycles. The number of hydrogen-bond acceptors (Lipinski definition) is 6. The zero-order chi connectivity index (χ0) is 14.5. The highest BCUT2D eigenvalue weighted by Gasteiger charge is 2.26. The van der Waals surface area contributed by atoms with Gasteiger partial charge in [0.2, 0.25) is 5.43 Å². The van der Waals surface area contributed by atoms with Crippen molar-refractivity contribution in [3.63, 3.8) is 0 Å². The average Bonchev–Trinajstić information content (AvgIpc) is 2.44. The second kappa shape index (κ2) is 6.56. The van der Waals surface area contributed by atoms with E-state index < -0.39 is 5.43 Å². The number of likely N-dealkylation sites (tertiary alicyclic amines) is 1. The predicted molar refractivity (Wildman–Crippen MR) is 71.3 cm³/mol. The van der Waals surface area contributed by atoms with Crippen molar-refractivity contribution in [3.05, 3.63) is 28.3 Å². The number of esters is 1. The van der Waals surface area contributed by atoms with Crippen LogP contribution < -0.4 is 5.43 Å². The zero-order valence-electron chi connectivity index (χ0n) is 11.5. The van der Waals surface area contributed by atoms with Crippen LogP contribution in [0.2, 0.25) is 0 Å². The van der Waals surface area contributed by atoms with Crippen LogP contribution in [0.15, 0.2) is 21.5 Å². The van der Waals surface area contributed by atoms with Crippen molar-refractivity contribution < 1.29 is 19.1 Å². The van der Waals surface area contributed by atoms with Gasteiger partial charge >= 0.3 is 5.97 Å². The molecule has 0 radical (unpaired) electrons. The summed E-state index contributed by atoms with van der Waals surface area (Å²) in [6.45, 7) is 4.24. The maximum Gasteiger partial charge on any atom is 0.309 e. The van der Waals surface area contributed by atoms with E-state index in [-0.39, 0.29) is 17.6 Å². The fraction of sp³-hybridized carbons (Fsp3) is 0.571. The van der Waals surface area contributed by atoms with E-state index in [0.717, 1.165) is 32.2 Å². The molecule has 0 amide bonds. The molecule has 6 nitrogen and oxygen atoms in total. The molecule has 1 aromatic heterocycles. The number of hydrogen-bond donors (Lipinski definition) is 1. The molecule has 0 atom stereocenters. The third-order valence-corrected chi connectivity index (χ3v) is 3.45. The molecule has 0 aromatic carbocycles. The van der Waals surface area contributed by atoms with Gasteiger partial charge in [0.05, 0.1) is 19.1 Å². The Labute approximate surface area is 117 Å². The first kappa shape index (κ1) is 14.6.